The van der Waals surface area contributed by atoms with E-state index in [1.807, 2.05) is 31.4 Å². The fraction of sp³-hybridized carbons (Fsp3) is 0.308. The monoisotopic (exact) mass is 262 g/mol. The zero-order valence-corrected chi connectivity index (χ0v) is 11.3. The standard InChI is InChI=1S/C13H18N4O2/c1-17-8-9(7-15-17)13(16-14)12-10(18-2)5-4-6-11(12)19-3/h4-8,13,16H,14H2,1-3H3. The van der Waals surface area contributed by atoms with Gasteiger partial charge >= 0.3 is 0 Å². The molecule has 6 nitrogen and oxygen atoms in total. The molecule has 1 unspecified atom stereocenters. The number of hydrazine groups is 1. The Kier molecular flexibility index (Phi) is 4.03. The van der Waals surface area contributed by atoms with E-state index in [4.69, 9.17) is 15.3 Å². The van der Waals surface area contributed by atoms with Gasteiger partial charge in [0.1, 0.15) is 11.5 Å². The zero-order chi connectivity index (χ0) is 13.8. The Morgan fingerprint density at radius 1 is 1.26 bits per heavy atom. The Morgan fingerprint density at radius 2 is 1.89 bits per heavy atom. The quantitative estimate of drug-likeness (QED) is 0.621. The second-order valence-electron chi connectivity index (χ2n) is 4.12. The van der Waals surface area contributed by atoms with E-state index in [-0.39, 0.29) is 6.04 Å². The summed E-state index contributed by atoms with van der Waals surface area (Å²) in [4.78, 5) is 0. The lowest BCUT2D eigenvalue weighted by Gasteiger charge is -2.20. The molecule has 2 rings (SSSR count). The number of hydrogen-bond acceptors (Lipinski definition) is 5. The molecule has 0 spiro atoms. The Labute approximate surface area is 112 Å². The third-order valence-electron chi connectivity index (χ3n) is 2.98. The number of hydrogen-bond donors (Lipinski definition) is 2. The van der Waals surface area contributed by atoms with E-state index in [2.05, 4.69) is 10.5 Å². The normalized spacial score (nSPS) is 12.2. The molecule has 1 aromatic heterocycles. The Balaban J connectivity index is 2.53. The summed E-state index contributed by atoms with van der Waals surface area (Å²) >= 11 is 0. The average Bonchev–Trinajstić information content (AvgIpc) is 2.86. The van der Waals surface area contributed by atoms with Crippen molar-refractivity contribution in [1.29, 1.82) is 0 Å². The van der Waals surface area contributed by atoms with Crippen molar-refractivity contribution in [2.75, 3.05) is 14.2 Å². The largest absolute Gasteiger partial charge is 0.496 e. The van der Waals surface area contributed by atoms with Crippen LogP contribution in [-0.2, 0) is 7.05 Å². The highest BCUT2D eigenvalue weighted by molar-refractivity contribution is 5.50. The molecule has 1 heterocycles. The summed E-state index contributed by atoms with van der Waals surface area (Å²) in [5.74, 6) is 7.12. The molecule has 0 aliphatic carbocycles. The molecule has 2 aromatic rings. The van der Waals surface area contributed by atoms with E-state index in [1.54, 1.807) is 25.1 Å². The summed E-state index contributed by atoms with van der Waals surface area (Å²) in [5, 5.41) is 4.16. The van der Waals surface area contributed by atoms with Gasteiger partial charge in [0.15, 0.2) is 0 Å². The zero-order valence-electron chi connectivity index (χ0n) is 11.3. The van der Waals surface area contributed by atoms with Crippen molar-refractivity contribution in [2.45, 2.75) is 6.04 Å². The smallest absolute Gasteiger partial charge is 0.127 e. The second-order valence-corrected chi connectivity index (χ2v) is 4.12. The Hall–Kier alpha value is -2.05. The van der Waals surface area contributed by atoms with Crippen LogP contribution in [0.15, 0.2) is 30.6 Å². The van der Waals surface area contributed by atoms with E-state index in [0.29, 0.717) is 11.5 Å². The molecule has 0 aliphatic heterocycles. The molecular weight excluding hydrogens is 244 g/mol. The molecule has 102 valence electrons. The molecule has 0 aliphatic rings. The van der Waals surface area contributed by atoms with E-state index >= 15 is 0 Å². The van der Waals surface area contributed by atoms with Gasteiger partial charge in [-0.25, -0.2) is 5.43 Å². The van der Waals surface area contributed by atoms with Crippen LogP contribution in [0.1, 0.15) is 17.2 Å². The Bertz CT molecular complexity index is 531. The third-order valence-corrected chi connectivity index (χ3v) is 2.98. The van der Waals surface area contributed by atoms with Crippen molar-refractivity contribution < 1.29 is 9.47 Å². The number of nitrogens with one attached hydrogen (secondary N) is 1. The summed E-state index contributed by atoms with van der Waals surface area (Å²) in [5.41, 5.74) is 4.57. The van der Waals surface area contributed by atoms with Gasteiger partial charge in [0.25, 0.3) is 0 Å². The van der Waals surface area contributed by atoms with Crippen LogP contribution in [0.4, 0.5) is 0 Å². The van der Waals surface area contributed by atoms with Crippen LogP contribution >= 0.6 is 0 Å². The number of aromatic nitrogens is 2. The molecule has 0 saturated carbocycles. The molecule has 0 bridgehead atoms. The van der Waals surface area contributed by atoms with Crippen LogP contribution in [-0.4, -0.2) is 24.0 Å². The first-order valence-electron chi connectivity index (χ1n) is 5.86. The predicted octanol–water partition coefficient (Wildman–Crippen LogP) is 0.990. The SMILES string of the molecule is COc1cccc(OC)c1C(NN)c1cnn(C)c1. The number of ether oxygens (including phenoxy) is 2. The highest BCUT2D eigenvalue weighted by Crippen LogP contribution is 2.36. The second kappa shape index (κ2) is 5.73. The van der Waals surface area contributed by atoms with Gasteiger partial charge < -0.3 is 9.47 Å². The van der Waals surface area contributed by atoms with Crippen LogP contribution in [0, 0.1) is 0 Å². The van der Waals surface area contributed by atoms with Gasteiger partial charge in [-0.15, -0.1) is 0 Å². The average molecular weight is 262 g/mol. The molecule has 0 saturated heterocycles. The van der Waals surface area contributed by atoms with Crippen molar-refractivity contribution in [2.24, 2.45) is 12.9 Å². The van der Waals surface area contributed by atoms with Crippen molar-refractivity contribution in [3.05, 3.63) is 41.7 Å². The van der Waals surface area contributed by atoms with Crippen LogP contribution in [0.5, 0.6) is 11.5 Å². The van der Waals surface area contributed by atoms with Gasteiger partial charge in [-0.05, 0) is 12.1 Å². The molecule has 1 atom stereocenters. The van der Waals surface area contributed by atoms with Crippen LogP contribution in [0.3, 0.4) is 0 Å². The van der Waals surface area contributed by atoms with Gasteiger partial charge in [-0.3, -0.25) is 10.5 Å². The van der Waals surface area contributed by atoms with Gasteiger partial charge in [0.2, 0.25) is 0 Å². The van der Waals surface area contributed by atoms with Crippen molar-refractivity contribution >= 4 is 0 Å². The molecule has 6 heteroatoms. The number of benzene rings is 1. The summed E-state index contributed by atoms with van der Waals surface area (Å²) in [6.45, 7) is 0. The summed E-state index contributed by atoms with van der Waals surface area (Å²) in [6.07, 6.45) is 3.66. The van der Waals surface area contributed by atoms with Crippen molar-refractivity contribution in [1.82, 2.24) is 15.2 Å². The molecule has 19 heavy (non-hydrogen) atoms. The summed E-state index contributed by atoms with van der Waals surface area (Å²) in [6, 6.07) is 5.37. The first-order chi connectivity index (χ1) is 9.21. The van der Waals surface area contributed by atoms with E-state index < -0.39 is 0 Å². The summed E-state index contributed by atoms with van der Waals surface area (Å²) in [7, 11) is 5.10. The fourth-order valence-electron chi connectivity index (χ4n) is 2.10. The number of nitrogens with two attached hydrogens (primary N) is 1. The molecule has 0 fully saturated rings. The predicted molar refractivity (Wildman–Crippen MR) is 71.9 cm³/mol. The van der Waals surface area contributed by atoms with Gasteiger partial charge in [-0.2, -0.15) is 5.10 Å². The van der Waals surface area contributed by atoms with E-state index in [0.717, 1.165) is 11.1 Å². The lowest BCUT2D eigenvalue weighted by atomic mass is 10.00. The maximum atomic E-state index is 5.70. The van der Waals surface area contributed by atoms with E-state index in [9.17, 15) is 0 Å². The lowest BCUT2D eigenvalue weighted by Crippen LogP contribution is -2.29. The lowest BCUT2D eigenvalue weighted by molar-refractivity contribution is 0.377. The fourth-order valence-corrected chi connectivity index (χ4v) is 2.10. The highest BCUT2D eigenvalue weighted by Gasteiger charge is 2.22. The maximum Gasteiger partial charge on any atom is 0.127 e. The number of nitrogens with zero attached hydrogens (tertiary/aromatic N) is 2. The molecule has 3 N–H and O–H groups in total. The first kappa shape index (κ1) is 13.4. The molecule has 0 amide bonds. The number of methoxy groups -OCH3 is 2. The summed E-state index contributed by atoms with van der Waals surface area (Å²) < 4.78 is 12.5. The minimum Gasteiger partial charge on any atom is -0.496 e. The van der Waals surface area contributed by atoms with Crippen LogP contribution in [0.2, 0.25) is 0 Å². The van der Waals surface area contributed by atoms with Gasteiger partial charge in [-0.1, -0.05) is 6.07 Å². The van der Waals surface area contributed by atoms with Crippen LogP contribution in [0.25, 0.3) is 0 Å². The molecular formula is C13H18N4O2. The van der Waals surface area contributed by atoms with Gasteiger partial charge in [0, 0.05) is 18.8 Å². The minimum absolute atomic E-state index is 0.250. The van der Waals surface area contributed by atoms with Crippen LogP contribution < -0.4 is 20.7 Å². The molecule has 1 aromatic carbocycles. The molecule has 0 radical (unpaired) electrons. The number of aryl methyl sites for hydroxylation is 1. The van der Waals surface area contributed by atoms with E-state index in [1.165, 1.54) is 0 Å². The van der Waals surface area contributed by atoms with Crippen molar-refractivity contribution in [3.63, 3.8) is 0 Å². The number of rotatable bonds is 5. The maximum absolute atomic E-state index is 5.70. The van der Waals surface area contributed by atoms with Crippen molar-refractivity contribution in [3.8, 4) is 11.5 Å². The third kappa shape index (κ3) is 2.54. The highest BCUT2D eigenvalue weighted by atomic mass is 16.5. The van der Waals surface area contributed by atoms with Gasteiger partial charge in [0.05, 0.1) is 32.0 Å². The Morgan fingerprint density at radius 3 is 2.32 bits per heavy atom. The minimum atomic E-state index is -0.250. The topological polar surface area (TPSA) is 74.3 Å². The first-order valence-corrected chi connectivity index (χ1v) is 5.86.